The van der Waals surface area contributed by atoms with Gasteiger partial charge >= 0.3 is 0 Å². The molecule has 0 aromatic heterocycles. The van der Waals surface area contributed by atoms with Gasteiger partial charge in [-0.25, -0.2) is 13.6 Å². The fourth-order valence-electron chi connectivity index (χ4n) is 1.32. The largest absolute Gasteiger partial charge is 0.490 e. The van der Waals surface area contributed by atoms with Crippen molar-refractivity contribution in [2.75, 3.05) is 0 Å². The summed E-state index contributed by atoms with van der Waals surface area (Å²) in [5, 5.41) is 5.01. The van der Waals surface area contributed by atoms with Crippen LogP contribution in [0.1, 0.15) is 23.2 Å². The molecular weight excluding hydrogens is 244 g/mol. The fraction of sp³-hybridized carbons (Fsp3) is 0.300. The normalized spacial score (nSPS) is 15.6. The Labute approximate surface area is 98.6 Å². The van der Waals surface area contributed by atoms with E-state index in [1.807, 2.05) is 0 Å². The summed E-state index contributed by atoms with van der Waals surface area (Å²) in [6, 6.07) is 3.84. The molecule has 1 saturated carbocycles. The number of amides is 1. The van der Waals surface area contributed by atoms with Crippen molar-refractivity contribution in [3.63, 3.8) is 0 Å². The van der Waals surface area contributed by atoms with Gasteiger partial charge < -0.3 is 10.5 Å². The van der Waals surface area contributed by atoms with Crippen LogP contribution in [0, 0.1) is 0 Å². The molecule has 0 heterocycles. The fourth-order valence-corrected chi connectivity index (χ4v) is 1.90. The maximum atomic E-state index is 11.2. The molecule has 6 nitrogen and oxygen atoms in total. The van der Waals surface area contributed by atoms with Gasteiger partial charge in [0.15, 0.2) is 0 Å². The summed E-state index contributed by atoms with van der Waals surface area (Å²) in [4.78, 5) is 10.9. The van der Waals surface area contributed by atoms with Crippen molar-refractivity contribution >= 4 is 15.9 Å². The zero-order chi connectivity index (χ0) is 12.6. The summed E-state index contributed by atoms with van der Waals surface area (Å²) >= 11 is 0. The Bertz CT molecular complexity index is 564. The summed E-state index contributed by atoms with van der Waals surface area (Å²) in [7, 11) is -3.88. The van der Waals surface area contributed by atoms with Crippen molar-refractivity contribution in [2.24, 2.45) is 10.9 Å². The number of hydrogen-bond acceptors (Lipinski definition) is 4. The second kappa shape index (κ2) is 4.01. The highest BCUT2D eigenvalue weighted by Gasteiger charge is 2.24. The first-order chi connectivity index (χ1) is 7.86. The Morgan fingerprint density at radius 1 is 1.29 bits per heavy atom. The van der Waals surface area contributed by atoms with Crippen molar-refractivity contribution in [2.45, 2.75) is 23.8 Å². The predicted molar refractivity (Wildman–Crippen MR) is 60.0 cm³/mol. The van der Waals surface area contributed by atoms with Crippen LogP contribution in [-0.2, 0) is 10.0 Å². The van der Waals surface area contributed by atoms with Gasteiger partial charge in [0.2, 0.25) is 15.9 Å². The number of hydrogen-bond donors (Lipinski definition) is 2. The van der Waals surface area contributed by atoms with Gasteiger partial charge in [0.1, 0.15) is 5.75 Å². The highest BCUT2D eigenvalue weighted by molar-refractivity contribution is 7.89. The van der Waals surface area contributed by atoms with Gasteiger partial charge in [0.25, 0.3) is 0 Å². The average Bonchev–Trinajstić information content (AvgIpc) is 2.99. The molecule has 0 radical (unpaired) electrons. The number of primary amides is 1. The lowest BCUT2D eigenvalue weighted by molar-refractivity contribution is 0.0999. The smallest absolute Gasteiger partial charge is 0.248 e. The van der Waals surface area contributed by atoms with Crippen molar-refractivity contribution in [3.8, 4) is 5.75 Å². The van der Waals surface area contributed by atoms with E-state index in [9.17, 15) is 13.2 Å². The average molecular weight is 256 g/mol. The van der Waals surface area contributed by atoms with Crippen LogP contribution in [0.5, 0.6) is 5.75 Å². The molecule has 0 aliphatic heterocycles. The summed E-state index contributed by atoms with van der Waals surface area (Å²) in [5.41, 5.74) is 5.17. The van der Waals surface area contributed by atoms with Crippen LogP contribution in [0.3, 0.4) is 0 Å². The second-order valence-electron chi connectivity index (χ2n) is 3.92. The summed E-state index contributed by atoms with van der Waals surface area (Å²) in [6.45, 7) is 0. The third-order valence-electron chi connectivity index (χ3n) is 2.32. The molecule has 0 unspecified atom stereocenters. The van der Waals surface area contributed by atoms with E-state index in [0.717, 1.165) is 18.9 Å². The number of benzene rings is 1. The van der Waals surface area contributed by atoms with E-state index in [-0.39, 0.29) is 16.6 Å². The van der Waals surface area contributed by atoms with Crippen LogP contribution in [0.15, 0.2) is 23.1 Å². The standard InChI is InChI=1S/C10H12N2O4S/c11-10(13)6-3-8(16-7-1-2-7)5-9(4-6)17(12,14)15/h3-5,7H,1-2H2,(H2,11,13)(H2,12,14,15). The SMILES string of the molecule is NC(=O)c1cc(OC2CC2)cc(S(N)(=O)=O)c1. The van der Waals surface area contributed by atoms with Crippen LogP contribution in [0.25, 0.3) is 0 Å². The quantitative estimate of drug-likeness (QED) is 0.787. The third-order valence-corrected chi connectivity index (χ3v) is 3.21. The molecule has 1 amide bonds. The first kappa shape index (κ1) is 11.9. The molecule has 1 aromatic carbocycles. The molecule has 1 aromatic rings. The topological polar surface area (TPSA) is 112 Å². The van der Waals surface area contributed by atoms with Crippen LogP contribution in [0.2, 0.25) is 0 Å². The molecule has 2 rings (SSSR count). The molecule has 0 saturated heterocycles. The first-order valence-electron chi connectivity index (χ1n) is 5.00. The summed E-state index contributed by atoms with van der Waals surface area (Å²) < 4.78 is 27.9. The van der Waals surface area contributed by atoms with Crippen molar-refractivity contribution in [1.82, 2.24) is 0 Å². The predicted octanol–water partition coefficient (Wildman–Crippen LogP) is -0.0259. The number of carbonyl (C=O) groups excluding carboxylic acids is 1. The lowest BCUT2D eigenvalue weighted by atomic mass is 10.2. The van der Waals surface area contributed by atoms with E-state index in [4.69, 9.17) is 15.6 Å². The lowest BCUT2D eigenvalue weighted by Crippen LogP contribution is -2.16. The number of primary sulfonamides is 1. The van der Waals surface area contributed by atoms with Gasteiger partial charge in [0, 0.05) is 11.6 Å². The van der Waals surface area contributed by atoms with Crippen LogP contribution < -0.4 is 15.6 Å². The molecular formula is C10H12N2O4S. The van der Waals surface area contributed by atoms with E-state index < -0.39 is 15.9 Å². The van der Waals surface area contributed by atoms with Gasteiger partial charge in [-0.2, -0.15) is 0 Å². The number of sulfonamides is 1. The Balaban J connectivity index is 2.44. The van der Waals surface area contributed by atoms with Crippen molar-refractivity contribution < 1.29 is 17.9 Å². The number of carbonyl (C=O) groups is 1. The van der Waals surface area contributed by atoms with Gasteiger partial charge in [-0.15, -0.1) is 0 Å². The van der Waals surface area contributed by atoms with Crippen molar-refractivity contribution in [1.29, 1.82) is 0 Å². The Kier molecular flexibility index (Phi) is 2.80. The summed E-state index contributed by atoms with van der Waals surface area (Å²) in [6.07, 6.45) is 1.93. The Morgan fingerprint density at radius 3 is 2.41 bits per heavy atom. The first-order valence-corrected chi connectivity index (χ1v) is 6.55. The van der Waals surface area contributed by atoms with Gasteiger partial charge in [-0.3, -0.25) is 4.79 Å². The highest BCUT2D eigenvalue weighted by Crippen LogP contribution is 2.28. The molecule has 0 bridgehead atoms. The van der Waals surface area contributed by atoms with E-state index in [1.165, 1.54) is 12.1 Å². The second-order valence-corrected chi connectivity index (χ2v) is 5.48. The van der Waals surface area contributed by atoms with Crippen LogP contribution in [0.4, 0.5) is 0 Å². The number of nitrogens with two attached hydrogens (primary N) is 2. The Morgan fingerprint density at radius 2 is 1.94 bits per heavy atom. The minimum absolute atomic E-state index is 0.0622. The van der Waals surface area contributed by atoms with Gasteiger partial charge in [-0.1, -0.05) is 0 Å². The van der Waals surface area contributed by atoms with Crippen LogP contribution >= 0.6 is 0 Å². The zero-order valence-corrected chi connectivity index (χ0v) is 9.74. The molecule has 4 N–H and O–H groups in total. The minimum Gasteiger partial charge on any atom is -0.490 e. The molecule has 7 heteroatoms. The maximum absolute atomic E-state index is 11.2. The van der Waals surface area contributed by atoms with Crippen LogP contribution in [-0.4, -0.2) is 20.4 Å². The van der Waals surface area contributed by atoms with Gasteiger partial charge in [0.05, 0.1) is 11.0 Å². The molecule has 0 atom stereocenters. The number of ether oxygens (including phenoxy) is 1. The van der Waals surface area contributed by atoms with E-state index in [1.54, 1.807) is 0 Å². The van der Waals surface area contributed by atoms with Gasteiger partial charge in [-0.05, 0) is 25.0 Å². The Hall–Kier alpha value is -1.60. The lowest BCUT2D eigenvalue weighted by Gasteiger charge is -2.08. The van der Waals surface area contributed by atoms with E-state index in [2.05, 4.69) is 0 Å². The molecule has 0 spiro atoms. The number of rotatable bonds is 4. The van der Waals surface area contributed by atoms with E-state index >= 15 is 0 Å². The highest BCUT2D eigenvalue weighted by atomic mass is 32.2. The molecule has 1 aliphatic rings. The third kappa shape index (κ3) is 2.95. The molecule has 92 valence electrons. The summed E-state index contributed by atoms with van der Waals surface area (Å²) in [5.74, 6) is -0.427. The minimum atomic E-state index is -3.88. The van der Waals surface area contributed by atoms with E-state index in [0.29, 0.717) is 5.75 Å². The molecule has 1 fully saturated rings. The molecule has 1 aliphatic carbocycles. The van der Waals surface area contributed by atoms with Crippen molar-refractivity contribution in [3.05, 3.63) is 23.8 Å². The molecule has 17 heavy (non-hydrogen) atoms. The maximum Gasteiger partial charge on any atom is 0.248 e. The monoisotopic (exact) mass is 256 g/mol. The zero-order valence-electron chi connectivity index (χ0n) is 8.92.